The molecule has 0 aliphatic heterocycles. The van der Waals surface area contributed by atoms with Crippen LogP contribution in [0.25, 0.3) is 0 Å². The first-order valence-electron chi connectivity index (χ1n) is 7.88. The molecule has 0 aliphatic rings. The number of ether oxygens (including phenoxy) is 2. The summed E-state index contributed by atoms with van der Waals surface area (Å²) in [5.41, 5.74) is 0. The number of carbonyl (C=O) groups excluding carboxylic acids is 2. The van der Waals surface area contributed by atoms with Gasteiger partial charge in [0.2, 0.25) is 11.8 Å². The van der Waals surface area contributed by atoms with Crippen molar-refractivity contribution >= 4 is 17.8 Å². The Labute approximate surface area is 146 Å². The number of aliphatic carboxylic acids is 1. The lowest BCUT2D eigenvalue weighted by Crippen LogP contribution is -2.47. The van der Waals surface area contributed by atoms with Gasteiger partial charge >= 0.3 is 5.97 Å². The second-order valence-corrected chi connectivity index (χ2v) is 5.36. The Balaban J connectivity index is 2.54. The maximum atomic E-state index is 12.3. The number of hydrogen-bond donors (Lipinski definition) is 2. The average Bonchev–Trinajstić information content (AvgIpc) is 2.58. The van der Waals surface area contributed by atoms with Crippen LogP contribution in [0.1, 0.15) is 20.3 Å². The summed E-state index contributed by atoms with van der Waals surface area (Å²) in [5, 5.41) is 11.7. The third-order valence-corrected chi connectivity index (χ3v) is 3.52. The maximum Gasteiger partial charge on any atom is 0.326 e. The molecular weight excluding hydrogens is 328 g/mol. The average molecular weight is 352 g/mol. The van der Waals surface area contributed by atoms with E-state index in [4.69, 9.17) is 14.6 Å². The van der Waals surface area contributed by atoms with E-state index in [1.165, 1.54) is 18.7 Å². The first-order chi connectivity index (χ1) is 11.8. The van der Waals surface area contributed by atoms with Crippen molar-refractivity contribution in [2.75, 3.05) is 26.8 Å². The van der Waals surface area contributed by atoms with Crippen molar-refractivity contribution in [2.24, 2.45) is 0 Å². The van der Waals surface area contributed by atoms with E-state index in [9.17, 15) is 14.4 Å². The molecule has 8 nitrogen and oxygen atoms in total. The van der Waals surface area contributed by atoms with Gasteiger partial charge in [-0.3, -0.25) is 9.59 Å². The summed E-state index contributed by atoms with van der Waals surface area (Å²) < 4.78 is 10.5. The summed E-state index contributed by atoms with van der Waals surface area (Å²) in [6, 6.07) is 5.93. The summed E-state index contributed by atoms with van der Waals surface area (Å²) in [5.74, 6) is -0.410. The lowest BCUT2D eigenvalue weighted by atomic mass is 10.2. The first-order valence-corrected chi connectivity index (χ1v) is 7.88. The van der Waals surface area contributed by atoms with Gasteiger partial charge in [0.15, 0.2) is 0 Å². The second-order valence-electron chi connectivity index (χ2n) is 5.36. The van der Waals surface area contributed by atoms with Gasteiger partial charge in [-0.2, -0.15) is 0 Å². The van der Waals surface area contributed by atoms with E-state index >= 15 is 0 Å². The van der Waals surface area contributed by atoms with Crippen molar-refractivity contribution in [1.82, 2.24) is 10.2 Å². The Morgan fingerprint density at radius 1 is 1.20 bits per heavy atom. The summed E-state index contributed by atoms with van der Waals surface area (Å²) in [6.07, 6.45) is 0.0315. The van der Waals surface area contributed by atoms with E-state index < -0.39 is 12.0 Å². The van der Waals surface area contributed by atoms with Crippen LogP contribution in [-0.2, 0) is 14.4 Å². The molecule has 2 N–H and O–H groups in total. The molecular formula is C17H24N2O6. The minimum Gasteiger partial charge on any atom is -0.497 e. The molecule has 25 heavy (non-hydrogen) atoms. The standard InChI is InChI=1S/C17H24N2O6/c1-12(17(22)23)19(10-9-18-13(2)20)16(21)8-11-25-15-6-4-14(24-3)5-7-15/h4-7,12H,8-11H2,1-3H3,(H,18,20)(H,22,23). The van der Waals surface area contributed by atoms with E-state index in [-0.39, 0.29) is 37.9 Å². The zero-order valence-electron chi connectivity index (χ0n) is 14.7. The topological polar surface area (TPSA) is 105 Å². The van der Waals surface area contributed by atoms with Crippen LogP contribution in [0, 0.1) is 0 Å². The molecule has 0 spiro atoms. The maximum absolute atomic E-state index is 12.3. The van der Waals surface area contributed by atoms with Crippen LogP contribution in [0.5, 0.6) is 11.5 Å². The molecule has 0 saturated carbocycles. The van der Waals surface area contributed by atoms with E-state index in [1.807, 2.05) is 0 Å². The van der Waals surface area contributed by atoms with Crippen molar-refractivity contribution < 1.29 is 29.0 Å². The number of carboxylic acids is 1. The van der Waals surface area contributed by atoms with Gasteiger partial charge in [-0.25, -0.2) is 4.79 Å². The molecule has 1 atom stereocenters. The SMILES string of the molecule is COc1ccc(OCCC(=O)N(CCNC(C)=O)C(C)C(=O)O)cc1. The zero-order chi connectivity index (χ0) is 18.8. The smallest absolute Gasteiger partial charge is 0.326 e. The number of carboxylic acid groups (broad SMARTS) is 1. The fourth-order valence-electron chi connectivity index (χ4n) is 2.09. The number of amides is 2. The van der Waals surface area contributed by atoms with E-state index in [2.05, 4.69) is 5.32 Å². The molecule has 0 saturated heterocycles. The van der Waals surface area contributed by atoms with Crippen LogP contribution < -0.4 is 14.8 Å². The quantitative estimate of drug-likeness (QED) is 0.648. The molecule has 0 bridgehead atoms. The lowest BCUT2D eigenvalue weighted by molar-refractivity contribution is -0.149. The highest BCUT2D eigenvalue weighted by Crippen LogP contribution is 2.17. The minimum atomic E-state index is -1.10. The molecule has 0 aromatic heterocycles. The molecule has 1 aromatic carbocycles. The molecule has 138 valence electrons. The highest BCUT2D eigenvalue weighted by Gasteiger charge is 2.25. The fraction of sp³-hybridized carbons (Fsp3) is 0.471. The van der Waals surface area contributed by atoms with E-state index in [0.717, 1.165) is 0 Å². The third-order valence-electron chi connectivity index (χ3n) is 3.52. The van der Waals surface area contributed by atoms with Gasteiger partial charge in [0.25, 0.3) is 0 Å². The third kappa shape index (κ3) is 7.11. The number of methoxy groups -OCH3 is 1. The molecule has 8 heteroatoms. The Morgan fingerprint density at radius 2 is 1.80 bits per heavy atom. The molecule has 0 aliphatic carbocycles. The Morgan fingerprint density at radius 3 is 2.32 bits per heavy atom. The monoisotopic (exact) mass is 352 g/mol. The van der Waals surface area contributed by atoms with Crippen LogP contribution in [0.2, 0.25) is 0 Å². The van der Waals surface area contributed by atoms with Crippen LogP contribution in [0.15, 0.2) is 24.3 Å². The molecule has 0 heterocycles. The Bertz CT molecular complexity index is 587. The van der Waals surface area contributed by atoms with Crippen molar-refractivity contribution in [3.8, 4) is 11.5 Å². The predicted octanol–water partition coefficient (Wildman–Crippen LogP) is 0.902. The summed E-state index contributed by atoms with van der Waals surface area (Å²) >= 11 is 0. The molecule has 1 aromatic rings. The van der Waals surface area contributed by atoms with Crippen LogP contribution in [0.3, 0.4) is 0 Å². The number of nitrogens with zero attached hydrogens (tertiary/aromatic N) is 1. The van der Waals surface area contributed by atoms with Gasteiger partial charge in [-0.15, -0.1) is 0 Å². The largest absolute Gasteiger partial charge is 0.497 e. The summed E-state index contributed by atoms with van der Waals surface area (Å²) in [7, 11) is 1.56. The normalized spacial score (nSPS) is 11.3. The van der Waals surface area contributed by atoms with Crippen molar-refractivity contribution in [3.63, 3.8) is 0 Å². The Kier molecular flexibility index (Phi) is 8.25. The highest BCUT2D eigenvalue weighted by atomic mass is 16.5. The number of nitrogens with one attached hydrogen (secondary N) is 1. The molecule has 0 radical (unpaired) electrons. The van der Waals surface area contributed by atoms with Crippen molar-refractivity contribution in [2.45, 2.75) is 26.3 Å². The van der Waals surface area contributed by atoms with Gasteiger partial charge in [0, 0.05) is 20.0 Å². The van der Waals surface area contributed by atoms with Crippen molar-refractivity contribution in [3.05, 3.63) is 24.3 Å². The van der Waals surface area contributed by atoms with E-state index in [0.29, 0.717) is 11.5 Å². The van der Waals surface area contributed by atoms with Gasteiger partial charge < -0.3 is 24.8 Å². The molecule has 1 rings (SSSR count). The fourth-order valence-corrected chi connectivity index (χ4v) is 2.09. The van der Waals surface area contributed by atoms with E-state index in [1.54, 1.807) is 31.4 Å². The predicted molar refractivity (Wildman–Crippen MR) is 90.6 cm³/mol. The number of carbonyl (C=O) groups is 3. The summed E-state index contributed by atoms with van der Waals surface area (Å²) in [6.45, 7) is 3.22. The Hall–Kier alpha value is -2.77. The zero-order valence-corrected chi connectivity index (χ0v) is 14.7. The number of rotatable bonds is 10. The number of benzene rings is 1. The first kappa shape index (κ1) is 20.3. The lowest BCUT2D eigenvalue weighted by Gasteiger charge is -2.26. The molecule has 1 unspecified atom stereocenters. The van der Waals surface area contributed by atoms with Crippen LogP contribution >= 0.6 is 0 Å². The number of hydrogen-bond acceptors (Lipinski definition) is 5. The van der Waals surface area contributed by atoms with Crippen LogP contribution in [0.4, 0.5) is 0 Å². The van der Waals surface area contributed by atoms with Gasteiger partial charge in [-0.1, -0.05) is 0 Å². The minimum absolute atomic E-state index is 0.0315. The van der Waals surface area contributed by atoms with Crippen molar-refractivity contribution in [1.29, 1.82) is 0 Å². The van der Waals surface area contributed by atoms with Gasteiger partial charge in [0.1, 0.15) is 17.5 Å². The second kappa shape index (κ2) is 10.2. The highest BCUT2D eigenvalue weighted by molar-refractivity contribution is 5.83. The van der Waals surface area contributed by atoms with Gasteiger partial charge in [-0.05, 0) is 31.2 Å². The molecule has 0 fully saturated rings. The van der Waals surface area contributed by atoms with Gasteiger partial charge in [0.05, 0.1) is 20.1 Å². The molecule has 2 amide bonds. The summed E-state index contributed by atoms with van der Waals surface area (Å²) in [4.78, 5) is 35.6. The van der Waals surface area contributed by atoms with Crippen LogP contribution in [-0.4, -0.2) is 60.6 Å².